The van der Waals surface area contributed by atoms with Gasteiger partial charge in [-0.2, -0.15) is 0 Å². The summed E-state index contributed by atoms with van der Waals surface area (Å²) in [5, 5.41) is 1.69. The summed E-state index contributed by atoms with van der Waals surface area (Å²) in [6.07, 6.45) is -0.445. The minimum atomic E-state index is -0.879. The van der Waals surface area contributed by atoms with Crippen molar-refractivity contribution in [3.05, 3.63) is 35.9 Å². The molecule has 7 nitrogen and oxygen atoms in total. The molecule has 1 N–H and O–H groups in total. The molecule has 0 aliphatic carbocycles. The third-order valence-corrected chi connectivity index (χ3v) is 3.73. The Morgan fingerprint density at radius 3 is 2.32 bits per heavy atom. The van der Waals surface area contributed by atoms with Crippen LogP contribution < -0.4 is 5.32 Å². The van der Waals surface area contributed by atoms with Crippen LogP contribution in [0.5, 0.6) is 0 Å². The normalized spacial score (nSPS) is 12.6. The minimum absolute atomic E-state index is 0.141. The van der Waals surface area contributed by atoms with Crippen molar-refractivity contribution in [2.75, 3.05) is 20.8 Å². The van der Waals surface area contributed by atoms with Gasteiger partial charge in [-0.15, -0.1) is 11.6 Å². The number of carbonyl (C=O) groups is 3. The summed E-state index contributed by atoms with van der Waals surface area (Å²) in [7, 11) is 2.49. The molecule has 0 aromatic heterocycles. The Hall–Kier alpha value is -2.28. The molecule has 0 fully saturated rings. The van der Waals surface area contributed by atoms with Crippen LogP contribution in [0.15, 0.2) is 30.3 Å². The largest absolute Gasteiger partial charge is 0.467 e. The van der Waals surface area contributed by atoms with Crippen LogP contribution >= 0.6 is 11.6 Å². The molecular weight excluding hydrogens is 348 g/mol. The quantitative estimate of drug-likeness (QED) is 0.558. The Morgan fingerprint density at radius 2 is 1.80 bits per heavy atom. The molecule has 138 valence electrons. The number of methoxy groups -OCH3 is 2. The number of ether oxygens (including phenoxy) is 2. The van der Waals surface area contributed by atoms with E-state index in [2.05, 4.69) is 10.1 Å². The zero-order valence-corrected chi connectivity index (χ0v) is 15.3. The van der Waals surface area contributed by atoms with Crippen molar-refractivity contribution in [2.24, 2.45) is 0 Å². The van der Waals surface area contributed by atoms with E-state index in [1.165, 1.54) is 19.1 Å². The molecule has 0 unspecified atom stereocenters. The summed E-state index contributed by atoms with van der Waals surface area (Å²) >= 11 is 5.96. The Labute approximate surface area is 152 Å². The van der Waals surface area contributed by atoms with Crippen LogP contribution in [0.1, 0.15) is 18.9 Å². The SMILES string of the molecule is COC(=O)NCC[C@@H](C(=O)OC)N(Cc1ccccc1)C(=O)[C@@H](C)Cl. The molecule has 0 saturated carbocycles. The number of halogens is 1. The number of benzene rings is 1. The van der Waals surface area contributed by atoms with E-state index in [1.807, 2.05) is 30.3 Å². The fourth-order valence-electron chi connectivity index (χ4n) is 2.27. The van der Waals surface area contributed by atoms with Crippen LogP contribution in [0.25, 0.3) is 0 Å². The lowest BCUT2D eigenvalue weighted by Crippen LogP contribution is -2.48. The number of nitrogens with one attached hydrogen (secondary N) is 1. The highest BCUT2D eigenvalue weighted by Crippen LogP contribution is 2.16. The van der Waals surface area contributed by atoms with Crippen LogP contribution in [0.3, 0.4) is 0 Å². The Bertz CT molecular complexity index is 580. The van der Waals surface area contributed by atoms with Gasteiger partial charge in [0.1, 0.15) is 11.4 Å². The second-order valence-electron chi connectivity index (χ2n) is 5.31. The van der Waals surface area contributed by atoms with Crippen molar-refractivity contribution in [3.8, 4) is 0 Å². The fourth-order valence-corrected chi connectivity index (χ4v) is 2.40. The standard InChI is InChI=1S/C17H23ClN2O5/c1-12(18)15(21)20(11-13-7-5-4-6-8-13)14(16(22)24-2)9-10-19-17(23)25-3/h4-8,12,14H,9-11H2,1-3H3,(H,19,23)/t12-,14+/m1/s1. The predicted octanol–water partition coefficient (Wildman–Crippen LogP) is 1.93. The van der Waals surface area contributed by atoms with Crippen molar-refractivity contribution in [1.29, 1.82) is 0 Å². The molecule has 2 atom stereocenters. The highest BCUT2D eigenvalue weighted by molar-refractivity contribution is 6.30. The lowest BCUT2D eigenvalue weighted by atomic mass is 10.1. The van der Waals surface area contributed by atoms with E-state index in [0.29, 0.717) is 0 Å². The average molecular weight is 371 g/mol. The van der Waals surface area contributed by atoms with Crippen LogP contribution in [0.2, 0.25) is 0 Å². The number of alkyl carbamates (subject to hydrolysis) is 1. The lowest BCUT2D eigenvalue weighted by molar-refractivity contribution is -0.153. The van der Waals surface area contributed by atoms with E-state index in [-0.39, 0.29) is 25.4 Å². The minimum Gasteiger partial charge on any atom is -0.467 e. The third kappa shape index (κ3) is 6.62. The van der Waals surface area contributed by atoms with E-state index >= 15 is 0 Å². The maximum Gasteiger partial charge on any atom is 0.406 e. The van der Waals surface area contributed by atoms with E-state index in [9.17, 15) is 14.4 Å². The molecule has 1 rings (SSSR count). The van der Waals surface area contributed by atoms with Gasteiger partial charge in [0, 0.05) is 13.1 Å². The van der Waals surface area contributed by atoms with E-state index in [4.69, 9.17) is 16.3 Å². The third-order valence-electron chi connectivity index (χ3n) is 3.54. The number of amides is 2. The van der Waals surface area contributed by atoms with Crippen LogP contribution in [0.4, 0.5) is 4.79 Å². The first-order valence-corrected chi connectivity index (χ1v) is 8.22. The van der Waals surface area contributed by atoms with Crippen molar-refractivity contribution >= 4 is 29.6 Å². The number of nitrogens with zero attached hydrogens (tertiary/aromatic N) is 1. The number of alkyl halides is 1. The van der Waals surface area contributed by atoms with Gasteiger partial charge in [-0.3, -0.25) is 4.79 Å². The maximum absolute atomic E-state index is 12.5. The van der Waals surface area contributed by atoms with Gasteiger partial charge < -0.3 is 19.7 Å². The van der Waals surface area contributed by atoms with Gasteiger partial charge in [0.2, 0.25) is 5.91 Å². The van der Waals surface area contributed by atoms with Gasteiger partial charge in [-0.05, 0) is 18.9 Å². The van der Waals surface area contributed by atoms with E-state index in [1.54, 1.807) is 6.92 Å². The average Bonchev–Trinajstić information content (AvgIpc) is 2.63. The number of carbonyl (C=O) groups excluding carboxylic acids is 3. The summed E-state index contributed by atoms with van der Waals surface area (Å²) in [4.78, 5) is 37.3. The molecule has 0 bridgehead atoms. The number of esters is 1. The molecule has 0 spiro atoms. The molecule has 1 aromatic rings. The molecule has 0 radical (unpaired) electrons. The molecule has 25 heavy (non-hydrogen) atoms. The topological polar surface area (TPSA) is 84.9 Å². The number of hydrogen-bond donors (Lipinski definition) is 1. The van der Waals surface area contributed by atoms with E-state index in [0.717, 1.165) is 5.56 Å². The Morgan fingerprint density at radius 1 is 1.16 bits per heavy atom. The first-order valence-electron chi connectivity index (χ1n) is 7.78. The highest BCUT2D eigenvalue weighted by Gasteiger charge is 2.32. The number of rotatable bonds is 8. The van der Waals surface area contributed by atoms with Crippen molar-refractivity contribution in [1.82, 2.24) is 10.2 Å². The smallest absolute Gasteiger partial charge is 0.406 e. The monoisotopic (exact) mass is 370 g/mol. The van der Waals surface area contributed by atoms with Gasteiger partial charge in [-0.1, -0.05) is 30.3 Å². The first kappa shape index (κ1) is 20.8. The second-order valence-corrected chi connectivity index (χ2v) is 5.97. The van der Waals surface area contributed by atoms with Crippen molar-refractivity contribution in [2.45, 2.75) is 31.3 Å². The highest BCUT2D eigenvalue weighted by atomic mass is 35.5. The molecule has 2 amide bonds. The summed E-state index contributed by atoms with van der Waals surface area (Å²) < 4.78 is 9.32. The molecule has 0 saturated heterocycles. The second kappa shape index (κ2) is 10.6. The molecule has 0 heterocycles. The van der Waals surface area contributed by atoms with Gasteiger partial charge in [0.25, 0.3) is 0 Å². The fraction of sp³-hybridized carbons (Fsp3) is 0.471. The van der Waals surface area contributed by atoms with Crippen LogP contribution in [-0.2, 0) is 25.6 Å². The van der Waals surface area contributed by atoms with Gasteiger partial charge in [0.15, 0.2) is 0 Å². The van der Waals surface area contributed by atoms with Crippen LogP contribution in [0, 0.1) is 0 Å². The van der Waals surface area contributed by atoms with Gasteiger partial charge >= 0.3 is 12.1 Å². The summed E-state index contributed by atoms with van der Waals surface area (Å²) in [6.45, 7) is 1.89. The van der Waals surface area contributed by atoms with Crippen molar-refractivity contribution < 1.29 is 23.9 Å². The van der Waals surface area contributed by atoms with Gasteiger partial charge in [-0.25, -0.2) is 9.59 Å². The zero-order chi connectivity index (χ0) is 18.8. The maximum atomic E-state index is 12.5. The lowest BCUT2D eigenvalue weighted by Gasteiger charge is -2.31. The molecular formula is C17H23ClN2O5. The Balaban J connectivity index is 2.99. The first-order chi connectivity index (χ1) is 11.9. The summed E-state index contributed by atoms with van der Waals surface area (Å²) in [5.41, 5.74) is 0.850. The Kier molecular flexibility index (Phi) is 8.77. The van der Waals surface area contributed by atoms with Crippen LogP contribution in [-0.4, -0.2) is 55.1 Å². The van der Waals surface area contributed by atoms with Gasteiger partial charge in [0.05, 0.1) is 14.2 Å². The number of hydrogen-bond acceptors (Lipinski definition) is 5. The van der Waals surface area contributed by atoms with Crippen molar-refractivity contribution in [3.63, 3.8) is 0 Å². The summed E-state index contributed by atoms with van der Waals surface area (Å²) in [6, 6.07) is 8.36. The molecule has 0 aliphatic heterocycles. The molecule has 8 heteroatoms. The van der Waals surface area contributed by atoms with E-state index < -0.39 is 23.5 Å². The predicted molar refractivity (Wildman–Crippen MR) is 93.1 cm³/mol. The molecule has 0 aliphatic rings. The molecule has 1 aromatic carbocycles. The summed E-state index contributed by atoms with van der Waals surface area (Å²) in [5.74, 6) is -0.966. The zero-order valence-electron chi connectivity index (χ0n) is 14.5.